The van der Waals surface area contributed by atoms with Crippen molar-refractivity contribution in [2.45, 2.75) is 69.1 Å². The number of piperidine rings is 2. The second-order valence-corrected chi connectivity index (χ2v) is 11.6. The first-order valence-electron chi connectivity index (χ1n) is 14.9. The second kappa shape index (κ2) is 12.9. The average Bonchev–Trinajstić information content (AvgIpc) is 3.63. The van der Waals surface area contributed by atoms with E-state index in [2.05, 4.69) is 32.0 Å². The molecule has 1 aromatic carbocycles. The van der Waals surface area contributed by atoms with Crippen molar-refractivity contribution >= 4 is 23.8 Å². The SMILES string of the molecule is C=C(/C=N\C(C(N)=O)=C(/N)Nc1ccc(C2CCNCC2F)cc1)N1CCCC(N2CCN(C3CCCC3)C2=O)C1. The molecule has 3 heterocycles. The molecular formula is C30H43FN8O2. The minimum Gasteiger partial charge on any atom is -0.383 e. The number of hydrogen-bond donors (Lipinski definition) is 4. The minimum atomic E-state index is -0.922. The fourth-order valence-corrected chi connectivity index (χ4v) is 6.65. The van der Waals surface area contributed by atoms with E-state index in [0.717, 1.165) is 63.8 Å². The van der Waals surface area contributed by atoms with Crippen molar-refractivity contribution < 1.29 is 14.0 Å². The van der Waals surface area contributed by atoms with Crippen LogP contribution in [0.15, 0.2) is 53.1 Å². The third kappa shape index (κ3) is 6.66. The van der Waals surface area contributed by atoms with Crippen LogP contribution in [0.2, 0.25) is 0 Å². The van der Waals surface area contributed by atoms with Crippen LogP contribution in [0.3, 0.4) is 0 Å². The van der Waals surface area contributed by atoms with Gasteiger partial charge < -0.3 is 36.8 Å². The number of amides is 3. The minimum absolute atomic E-state index is 0.0192. The molecule has 1 saturated carbocycles. The number of hydrogen-bond acceptors (Lipinski definition) is 7. The van der Waals surface area contributed by atoms with Gasteiger partial charge in [-0.15, -0.1) is 0 Å². The molecule has 11 heteroatoms. The molecular weight excluding hydrogens is 523 g/mol. The molecule has 4 fully saturated rings. The van der Waals surface area contributed by atoms with Crippen molar-refractivity contribution in [3.8, 4) is 0 Å². The summed E-state index contributed by atoms with van der Waals surface area (Å²) >= 11 is 0. The summed E-state index contributed by atoms with van der Waals surface area (Å²) in [6.07, 6.45) is 7.85. The van der Waals surface area contributed by atoms with E-state index in [4.69, 9.17) is 11.5 Å². The fraction of sp³-hybridized carbons (Fsp3) is 0.567. The Bertz CT molecular complexity index is 1180. The van der Waals surface area contributed by atoms with Crippen molar-refractivity contribution in [2.24, 2.45) is 16.5 Å². The normalized spacial score (nSPS) is 26.5. The van der Waals surface area contributed by atoms with Crippen molar-refractivity contribution in [1.82, 2.24) is 20.0 Å². The number of nitrogens with two attached hydrogens (primary N) is 2. The zero-order valence-corrected chi connectivity index (χ0v) is 23.7. The van der Waals surface area contributed by atoms with E-state index in [1.807, 2.05) is 17.0 Å². The number of carbonyl (C=O) groups excluding carboxylic acids is 2. The van der Waals surface area contributed by atoms with Gasteiger partial charge in [0.1, 0.15) is 12.0 Å². The first-order valence-corrected chi connectivity index (χ1v) is 14.9. The molecule has 5 rings (SSSR count). The van der Waals surface area contributed by atoms with Crippen molar-refractivity contribution in [1.29, 1.82) is 0 Å². The largest absolute Gasteiger partial charge is 0.383 e. The monoisotopic (exact) mass is 566 g/mol. The Morgan fingerprint density at radius 3 is 2.39 bits per heavy atom. The standard InChI is InChI=1S/C30H43FN8O2/c1-20(37-14-4-7-24(19-37)39-16-15-38(30(39)41)23-5-2-3-6-23)17-35-27(29(33)40)28(32)36-22-10-8-21(9-11-22)25-12-13-34-18-26(25)31/h8-11,17,23-26,34,36H,1-7,12-16,18-19,32H2,(H2,33,40)/b28-27+,35-17-. The van der Waals surface area contributed by atoms with Gasteiger partial charge in [-0.25, -0.2) is 14.2 Å². The van der Waals surface area contributed by atoms with E-state index >= 15 is 0 Å². The van der Waals surface area contributed by atoms with Gasteiger partial charge in [0.25, 0.3) is 5.91 Å². The molecule has 0 radical (unpaired) electrons. The van der Waals surface area contributed by atoms with Crippen LogP contribution in [-0.2, 0) is 4.79 Å². The molecule has 10 nitrogen and oxygen atoms in total. The lowest BCUT2D eigenvalue weighted by Crippen LogP contribution is -2.49. The highest BCUT2D eigenvalue weighted by Crippen LogP contribution is 2.30. The zero-order chi connectivity index (χ0) is 28.9. The van der Waals surface area contributed by atoms with E-state index < -0.39 is 12.1 Å². The number of halogens is 1. The Balaban J connectivity index is 1.19. The summed E-state index contributed by atoms with van der Waals surface area (Å²) in [4.78, 5) is 35.9. The molecule has 3 atom stereocenters. The lowest BCUT2D eigenvalue weighted by Gasteiger charge is -2.38. The van der Waals surface area contributed by atoms with Crippen molar-refractivity contribution in [3.05, 3.63) is 53.6 Å². The third-order valence-corrected chi connectivity index (χ3v) is 8.94. The lowest BCUT2D eigenvalue weighted by molar-refractivity contribution is -0.114. The first-order chi connectivity index (χ1) is 19.8. The molecule has 3 unspecified atom stereocenters. The lowest BCUT2D eigenvalue weighted by atomic mass is 9.89. The Labute approximate surface area is 241 Å². The van der Waals surface area contributed by atoms with Crippen LogP contribution in [-0.4, -0.2) is 90.4 Å². The fourth-order valence-electron chi connectivity index (χ4n) is 6.65. The number of anilines is 1. The first kappa shape index (κ1) is 28.9. The smallest absolute Gasteiger partial charge is 0.320 e. The third-order valence-electron chi connectivity index (χ3n) is 8.94. The predicted octanol–water partition coefficient (Wildman–Crippen LogP) is 2.86. The Kier molecular flexibility index (Phi) is 9.12. The zero-order valence-electron chi connectivity index (χ0n) is 23.7. The molecule has 0 aromatic heterocycles. The Morgan fingerprint density at radius 2 is 1.71 bits per heavy atom. The number of benzene rings is 1. The number of primary amides is 1. The van der Waals surface area contributed by atoms with Crippen molar-refractivity contribution in [2.75, 3.05) is 44.6 Å². The molecule has 1 aromatic rings. The van der Waals surface area contributed by atoms with Crippen LogP contribution >= 0.6 is 0 Å². The molecule has 0 spiro atoms. The van der Waals surface area contributed by atoms with E-state index in [1.54, 1.807) is 12.1 Å². The van der Waals surface area contributed by atoms with Crippen LogP contribution in [0.25, 0.3) is 0 Å². The van der Waals surface area contributed by atoms with Crippen molar-refractivity contribution in [3.63, 3.8) is 0 Å². The van der Waals surface area contributed by atoms with E-state index in [1.165, 1.54) is 19.1 Å². The Hall–Kier alpha value is -3.60. The molecule has 6 N–H and O–H groups in total. The highest BCUT2D eigenvalue weighted by molar-refractivity contribution is 5.95. The second-order valence-electron chi connectivity index (χ2n) is 11.6. The number of nitrogens with one attached hydrogen (secondary N) is 2. The van der Waals surface area contributed by atoms with Gasteiger partial charge in [0, 0.05) is 56.1 Å². The highest BCUT2D eigenvalue weighted by Gasteiger charge is 2.39. The maximum absolute atomic E-state index is 14.3. The number of nitrogens with zero attached hydrogens (tertiary/aromatic N) is 4. The number of aliphatic imine (C=N–C) groups is 1. The van der Waals surface area contributed by atoms with Gasteiger partial charge in [-0.1, -0.05) is 31.6 Å². The Morgan fingerprint density at radius 1 is 1.02 bits per heavy atom. The number of alkyl halides is 1. The summed E-state index contributed by atoms with van der Waals surface area (Å²) < 4.78 is 14.3. The average molecular weight is 567 g/mol. The molecule has 4 aliphatic rings. The molecule has 3 aliphatic heterocycles. The number of rotatable bonds is 9. The van der Waals surface area contributed by atoms with Crippen LogP contribution in [0.1, 0.15) is 56.4 Å². The number of urea groups is 1. The van der Waals surface area contributed by atoms with Gasteiger partial charge in [-0.05, 0) is 56.3 Å². The molecule has 3 amide bonds. The topological polar surface area (TPSA) is 132 Å². The van der Waals surface area contributed by atoms with Gasteiger partial charge in [-0.3, -0.25) is 4.79 Å². The maximum Gasteiger partial charge on any atom is 0.320 e. The van der Waals surface area contributed by atoms with Gasteiger partial charge >= 0.3 is 6.03 Å². The number of likely N-dealkylation sites (tertiary alicyclic amines) is 1. The van der Waals surface area contributed by atoms with Crippen LogP contribution in [0.5, 0.6) is 0 Å². The van der Waals surface area contributed by atoms with Gasteiger partial charge in [0.05, 0.1) is 12.3 Å². The van der Waals surface area contributed by atoms with Crippen LogP contribution < -0.4 is 22.1 Å². The van der Waals surface area contributed by atoms with Crippen LogP contribution in [0.4, 0.5) is 14.9 Å². The summed E-state index contributed by atoms with van der Waals surface area (Å²) in [5.74, 6) is -0.887. The summed E-state index contributed by atoms with van der Waals surface area (Å²) in [6, 6.07) is 8.03. The summed E-state index contributed by atoms with van der Waals surface area (Å²) in [5, 5.41) is 6.06. The number of carbonyl (C=O) groups is 2. The van der Waals surface area contributed by atoms with Gasteiger partial charge in [0.15, 0.2) is 5.70 Å². The molecule has 0 bridgehead atoms. The molecule has 222 valence electrons. The number of allylic oxidation sites excluding steroid dienone is 1. The van der Waals surface area contributed by atoms with E-state index in [9.17, 15) is 14.0 Å². The highest BCUT2D eigenvalue weighted by atomic mass is 19.1. The quantitative estimate of drug-likeness (QED) is 0.269. The van der Waals surface area contributed by atoms with E-state index in [0.29, 0.717) is 30.5 Å². The summed E-state index contributed by atoms with van der Waals surface area (Å²) in [5.41, 5.74) is 13.9. The maximum atomic E-state index is 14.3. The molecule has 41 heavy (non-hydrogen) atoms. The summed E-state index contributed by atoms with van der Waals surface area (Å²) in [6.45, 7) is 8.34. The van der Waals surface area contributed by atoms with E-state index in [-0.39, 0.29) is 29.5 Å². The molecule has 3 saturated heterocycles. The van der Waals surface area contributed by atoms with Gasteiger partial charge in [0.2, 0.25) is 0 Å². The summed E-state index contributed by atoms with van der Waals surface area (Å²) in [7, 11) is 0. The van der Waals surface area contributed by atoms with Gasteiger partial charge in [-0.2, -0.15) is 0 Å². The van der Waals surface area contributed by atoms with Crippen LogP contribution in [0, 0.1) is 0 Å². The molecule has 1 aliphatic carbocycles. The predicted molar refractivity (Wildman–Crippen MR) is 159 cm³/mol.